The number of aromatic hydroxyl groups is 1. The second kappa shape index (κ2) is 7.36. The van der Waals surface area contributed by atoms with E-state index in [9.17, 15) is 19.1 Å². The van der Waals surface area contributed by atoms with Gasteiger partial charge in [0.1, 0.15) is 11.7 Å². The van der Waals surface area contributed by atoms with Gasteiger partial charge < -0.3 is 25.8 Å². The zero-order chi connectivity index (χ0) is 19.6. The third-order valence-corrected chi connectivity index (χ3v) is 4.25. The summed E-state index contributed by atoms with van der Waals surface area (Å²) in [7, 11) is 1.39. The van der Waals surface area contributed by atoms with Gasteiger partial charge in [0.05, 0.1) is 18.8 Å². The van der Waals surface area contributed by atoms with Crippen molar-refractivity contribution in [2.45, 2.75) is 6.04 Å². The fourth-order valence-electron chi connectivity index (χ4n) is 2.93. The highest BCUT2D eigenvalue weighted by molar-refractivity contribution is 5.97. The first kappa shape index (κ1) is 18.2. The molecule has 1 saturated heterocycles. The van der Waals surface area contributed by atoms with Gasteiger partial charge >= 0.3 is 6.03 Å². The molecule has 1 heterocycles. The number of hydrogen-bond acceptors (Lipinski definition) is 4. The minimum Gasteiger partial charge on any atom is -0.504 e. The van der Waals surface area contributed by atoms with Crippen molar-refractivity contribution in [2.75, 3.05) is 12.4 Å². The van der Waals surface area contributed by atoms with Crippen LogP contribution in [0.15, 0.2) is 54.7 Å². The van der Waals surface area contributed by atoms with Crippen LogP contribution in [-0.2, 0) is 4.79 Å². The number of carbonyl (C=O) groups excluding carboxylic acids is 2. The lowest BCUT2D eigenvalue weighted by Gasteiger charge is -2.34. The summed E-state index contributed by atoms with van der Waals surface area (Å²) >= 11 is 0. The number of urea groups is 1. The topological polar surface area (TPSA) is 99.7 Å². The molecule has 0 aliphatic carbocycles. The number of halogens is 1. The molecule has 0 bridgehead atoms. The van der Waals surface area contributed by atoms with Gasteiger partial charge in [-0.15, -0.1) is 0 Å². The summed E-state index contributed by atoms with van der Waals surface area (Å²) < 4.78 is 19.0. The van der Waals surface area contributed by atoms with Gasteiger partial charge in [-0.1, -0.05) is 24.8 Å². The van der Waals surface area contributed by atoms with Crippen molar-refractivity contribution >= 4 is 17.6 Å². The van der Waals surface area contributed by atoms with E-state index in [0.717, 1.165) is 0 Å². The second-order valence-corrected chi connectivity index (χ2v) is 5.98. The minimum absolute atomic E-state index is 0.0224. The smallest absolute Gasteiger partial charge is 0.319 e. The summed E-state index contributed by atoms with van der Waals surface area (Å²) in [4.78, 5) is 24.7. The Balaban J connectivity index is 1.94. The molecule has 0 saturated carbocycles. The lowest BCUT2D eigenvalue weighted by atomic mass is 9.88. The number of ether oxygens (including phenoxy) is 1. The average Bonchev–Trinajstić information content (AvgIpc) is 2.63. The van der Waals surface area contributed by atoms with Crippen molar-refractivity contribution in [3.05, 3.63) is 66.1 Å². The minimum atomic E-state index is -0.920. The second-order valence-electron chi connectivity index (χ2n) is 5.98. The Bertz CT molecular complexity index is 916. The van der Waals surface area contributed by atoms with Crippen LogP contribution < -0.4 is 20.7 Å². The van der Waals surface area contributed by atoms with Gasteiger partial charge in [-0.3, -0.25) is 4.79 Å². The van der Waals surface area contributed by atoms with Crippen LogP contribution in [0.5, 0.6) is 11.5 Å². The number of anilines is 1. The van der Waals surface area contributed by atoms with Crippen LogP contribution >= 0.6 is 0 Å². The van der Waals surface area contributed by atoms with E-state index in [0.29, 0.717) is 5.56 Å². The average molecular weight is 371 g/mol. The van der Waals surface area contributed by atoms with Gasteiger partial charge in [0.2, 0.25) is 5.91 Å². The SMILES string of the molecule is C=C1NC(=O)N[C@@H](c2ccc(O)c(OC)c2)[C@@H]1C(=O)Nc1ccccc1F. The molecule has 0 radical (unpaired) electrons. The normalized spacial score (nSPS) is 19.0. The molecule has 1 aliphatic heterocycles. The summed E-state index contributed by atoms with van der Waals surface area (Å²) in [6.45, 7) is 3.76. The van der Waals surface area contributed by atoms with Crippen molar-refractivity contribution in [2.24, 2.45) is 5.92 Å². The largest absolute Gasteiger partial charge is 0.504 e. The Morgan fingerprint density at radius 3 is 2.74 bits per heavy atom. The number of hydrogen-bond donors (Lipinski definition) is 4. The molecule has 2 aromatic carbocycles. The molecule has 0 unspecified atom stereocenters. The Hall–Kier alpha value is -3.55. The van der Waals surface area contributed by atoms with E-state index in [1.54, 1.807) is 12.1 Å². The van der Waals surface area contributed by atoms with Gasteiger partial charge in [0.25, 0.3) is 0 Å². The van der Waals surface area contributed by atoms with E-state index in [2.05, 4.69) is 22.5 Å². The number of benzene rings is 2. The van der Waals surface area contributed by atoms with Crippen LogP contribution in [-0.4, -0.2) is 24.2 Å². The number of rotatable bonds is 4. The monoisotopic (exact) mass is 371 g/mol. The third-order valence-electron chi connectivity index (χ3n) is 4.25. The zero-order valence-corrected chi connectivity index (χ0v) is 14.5. The summed E-state index contributed by atoms with van der Waals surface area (Å²) in [5.41, 5.74) is 0.716. The zero-order valence-electron chi connectivity index (χ0n) is 14.5. The fraction of sp³-hybridized carbons (Fsp3) is 0.158. The number of amides is 3. The molecule has 2 atom stereocenters. The summed E-state index contributed by atoms with van der Waals surface area (Å²) in [5.74, 6) is -1.93. The van der Waals surface area contributed by atoms with Crippen molar-refractivity contribution in [3.8, 4) is 11.5 Å². The molecular weight excluding hydrogens is 353 g/mol. The maximum atomic E-state index is 13.9. The first-order chi connectivity index (χ1) is 12.9. The lowest BCUT2D eigenvalue weighted by molar-refractivity contribution is -0.119. The van der Waals surface area contributed by atoms with Gasteiger partial charge in [-0.05, 0) is 29.8 Å². The highest BCUT2D eigenvalue weighted by Gasteiger charge is 2.38. The number of para-hydroxylation sites is 1. The molecule has 2 aromatic rings. The third kappa shape index (κ3) is 3.69. The van der Waals surface area contributed by atoms with Gasteiger partial charge in [-0.25, -0.2) is 9.18 Å². The lowest BCUT2D eigenvalue weighted by Crippen LogP contribution is -2.51. The van der Waals surface area contributed by atoms with E-state index >= 15 is 0 Å². The highest BCUT2D eigenvalue weighted by atomic mass is 19.1. The molecule has 3 rings (SSSR count). The van der Waals surface area contributed by atoms with Crippen LogP contribution in [0.3, 0.4) is 0 Å². The molecule has 7 nitrogen and oxygen atoms in total. The van der Waals surface area contributed by atoms with Crippen LogP contribution in [0.25, 0.3) is 0 Å². The maximum Gasteiger partial charge on any atom is 0.319 e. The summed E-state index contributed by atoms with van der Waals surface area (Å²) in [6, 6.07) is 8.94. The number of carbonyl (C=O) groups is 2. The Morgan fingerprint density at radius 1 is 1.30 bits per heavy atom. The molecule has 1 fully saturated rings. The van der Waals surface area contributed by atoms with Crippen LogP contribution in [0, 0.1) is 11.7 Å². The molecule has 3 amide bonds. The van der Waals surface area contributed by atoms with Crippen LogP contribution in [0.1, 0.15) is 11.6 Å². The van der Waals surface area contributed by atoms with E-state index < -0.39 is 29.7 Å². The molecule has 4 N–H and O–H groups in total. The van der Waals surface area contributed by atoms with Gasteiger partial charge in [0.15, 0.2) is 11.5 Å². The summed E-state index contributed by atoms with van der Waals surface area (Å²) in [6.07, 6.45) is 0. The van der Waals surface area contributed by atoms with E-state index in [4.69, 9.17) is 4.74 Å². The Morgan fingerprint density at radius 2 is 2.04 bits per heavy atom. The first-order valence-electron chi connectivity index (χ1n) is 8.09. The van der Waals surface area contributed by atoms with E-state index in [-0.39, 0.29) is 22.9 Å². The first-order valence-corrected chi connectivity index (χ1v) is 8.09. The Kier molecular flexibility index (Phi) is 4.98. The van der Waals surface area contributed by atoms with Crippen molar-refractivity contribution < 1.29 is 23.8 Å². The standard InChI is InChI=1S/C19H18FN3O4/c1-10-16(18(25)22-13-6-4-3-5-12(13)20)17(23-19(26)21-10)11-7-8-14(24)15(9-11)27-2/h3-9,16-17,24H,1H2,2H3,(H,22,25)(H2,21,23,26)/t16-,17+/m1/s1. The predicted molar refractivity (Wildman–Crippen MR) is 96.7 cm³/mol. The molecule has 1 aliphatic rings. The molecule has 0 spiro atoms. The quantitative estimate of drug-likeness (QED) is 0.664. The molecule has 8 heteroatoms. The maximum absolute atomic E-state index is 13.9. The number of phenolic OH excluding ortho intramolecular Hbond substituents is 1. The number of methoxy groups -OCH3 is 1. The van der Waals surface area contributed by atoms with Crippen molar-refractivity contribution in [1.82, 2.24) is 10.6 Å². The summed E-state index contributed by atoms with van der Waals surface area (Å²) in [5, 5.41) is 17.4. The highest BCUT2D eigenvalue weighted by Crippen LogP contribution is 2.35. The Labute approximate surface area is 154 Å². The van der Waals surface area contributed by atoms with E-state index in [1.165, 1.54) is 37.4 Å². The molecule has 140 valence electrons. The predicted octanol–water partition coefficient (Wildman–Crippen LogP) is 2.66. The van der Waals surface area contributed by atoms with Crippen LogP contribution in [0.2, 0.25) is 0 Å². The fourth-order valence-corrected chi connectivity index (χ4v) is 2.93. The number of nitrogens with one attached hydrogen (secondary N) is 3. The molecule has 27 heavy (non-hydrogen) atoms. The van der Waals surface area contributed by atoms with Crippen molar-refractivity contribution in [1.29, 1.82) is 0 Å². The number of phenols is 1. The van der Waals surface area contributed by atoms with E-state index in [1.807, 2.05) is 0 Å². The van der Waals surface area contributed by atoms with Crippen molar-refractivity contribution in [3.63, 3.8) is 0 Å². The molecule has 0 aromatic heterocycles. The van der Waals surface area contributed by atoms with Gasteiger partial charge in [-0.2, -0.15) is 0 Å². The molecular formula is C19H18FN3O4. The van der Waals surface area contributed by atoms with Gasteiger partial charge in [0, 0.05) is 5.70 Å². The van der Waals surface area contributed by atoms with Crippen LogP contribution in [0.4, 0.5) is 14.9 Å².